The summed E-state index contributed by atoms with van der Waals surface area (Å²) < 4.78 is 10.5. The zero-order valence-electron chi connectivity index (χ0n) is 13.9. The van der Waals surface area contributed by atoms with E-state index in [9.17, 15) is 4.79 Å². The van der Waals surface area contributed by atoms with E-state index in [1.165, 1.54) is 0 Å². The van der Waals surface area contributed by atoms with Gasteiger partial charge in [0, 0.05) is 29.0 Å². The topological polar surface area (TPSA) is 51.5 Å². The van der Waals surface area contributed by atoms with E-state index in [0.29, 0.717) is 18.1 Å². The Morgan fingerprint density at radius 2 is 1.96 bits per heavy atom. The van der Waals surface area contributed by atoms with Gasteiger partial charge in [0.25, 0.3) is 5.91 Å². The number of furan rings is 1. The summed E-state index contributed by atoms with van der Waals surface area (Å²) in [7, 11) is 1.64. The van der Waals surface area contributed by atoms with Crippen LogP contribution in [-0.2, 0) is 17.1 Å². The maximum Gasteiger partial charge on any atom is 0.291 e. The van der Waals surface area contributed by atoms with Crippen LogP contribution in [0.1, 0.15) is 21.7 Å². The van der Waals surface area contributed by atoms with Gasteiger partial charge in [0.2, 0.25) is 0 Å². The molecule has 0 aliphatic carbocycles. The molecular formula is C20H19NO3S. The normalized spacial score (nSPS) is 10.6. The van der Waals surface area contributed by atoms with Gasteiger partial charge in [0.15, 0.2) is 5.76 Å². The maximum atomic E-state index is 12.5. The van der Waals surface area contributed by atoms with Crippen LogP contribution in [0.4, 0.5) is 5.69 Å². The van der Waals surface area contributed by atoms with Crippen LogP contribution in [0.25, 0.3) is 0 Å². The molecular weight excluding hydrogens is 334 g/mol. The first-order valence-electron chi connectivity index (χ1n) is 7.89. The molecule has 128 valence electrons. The maximum absolute atomic E-state index is 12.5. The van der Waals surface area contributed by atoms with Crippen LogP contribution in [0, 0.1) is 0 Å². The molecule has 3 aromatic rings. The number of amides is 1. The Morgan fingerprint density at radius 1 is 1.12 bits per heavy atom. The molecule has 1 N–H and O–H groups in total. The highest BCUT2D eigenvalue weighted by Crippen LogP contribution is 2.25. The fourth-order valence-corrected chi connectivity index (χ4v) is 3.32. The summed E-state index contributed by atoms with van der Waals surface area (Å²) in [4.78, 5) is 13.7. The van der Waals surface area contributed by atoms with Crippen LogP contribution in [-0.4, -0.2) is 13.0 Å². The predicted molar refractivity (Wildman–Crippen MR) is 99.8 cm³/mol. The summed E-state index contributed by atoms with van der Waals surface area (Å²) in [6.07, 6.45) is 1.55. The number of nitrogens with one attached hydrogen (secondary N) is 1. The van der Waals surface area contributed by atoms with E-state index in [-0.39, 0.29) is 5.91 Å². The second-order valence-corrected chi connectivity index (χ2v) is 6.51. The molecule has 0 aliphatic rings. The molecule has 5 heteroatoms. The van der Waals surface area contributed by atoms with Crippen molar-refractivity contribution in [3.05, 3.63) is 83.8 Å². The first kappa shape index (κ1) is 17.3. The molecule has 1 amide bonds. The van der Waals surface area contributed by atoms with Crippen molar-refractivity contribution in [2.75, 3.05) is 12.4 Å². The largest absolute Gasteiger partial charge is 0.459 e. The molecule has 4 nitrogen and oxygen atoms in total. The third-order valence-electron chi connectivity index (χ3n) is 3.59. The summed E-state index contributed by atoms with van der Waals surface area (Å²) in [6, 6.07) is 19.5. The SMILES string of the molecule is COCc1cccc(NC(=O)c2occc2CSc2ccccc2)c1. The van der Waals surface area contributed by atoms with E-state index in [2.05, 4.69) is 5.32 Å². The number of hydrogen-bond acceptors (Lipinski definition) is 4. The van der Waals surface area contributed by atoms with E-state index in [0.717, 1.165) is 21.7 Å². The van der Waals surface area contributed by atoms with Crippen LogP contribution in [0.5, 0.6) is 0 Å². The standard InChI is InChI=1S/C20H19NO3S/c1-23-13-15-6-5-7-17(12-15)21-20(22)19-16(10-11-24-19)14-25-18-8-3-2-4-9-18/h2-12H,13-14H2,1H3,(H,21,22). The minimum atomic E-state index is -0.247. The highest BCUT2D eigenvalue weighted by Gasteiger charge is 2.16. The average Bonchev–Trinajstić information content (AvgIpc) is 3.10. The zero-order chi connectivity index (χ0) is 17.5. The van der Waals surface area contributed by atoms with Gasteiger partial charge in [-0.15, -0.1) is 11.8 Å². The minimum absolute atomic E-state index is 0.247. The number of carbonyl (C=O) groups is 1. The number of rotatable bonds is 7. The van der Waals surface area contributed by atoms with Crippen LogP contribution >= 0.6 is 11.8 Å². The molecule has 2 aromatic carbocycles. The Kier molecular flexibility index (Phi) is 5.93. The lowest BCUT2D eigenvalue weighted by Gasteiger charge is -2.07. The van der Waals surface area contributed by atoms with Crippen molar-refractivity contribution in [1.82, 2.24) is 0 Å². The van der Waals surface area contributed by atoms with Crippen LogP contribution in [0.2, 0.25) is 0 Å². The second-order valence-electron chi connectivity index (χ2n) is 5.46. The Morgan fingerprint density at radius 3 is 2.76 bits per heavy atom. The molecule has 3 rings (SSSR count). The summed E-state index contributed by atoms with van der Waals surface area (Å²) in [5.41, 5.74) is 2.59. The lowest BCUT2D eigenvalue weighted by atomic mass is 10.2. The molecule has 0 fully saturated rings. The molecule has 0 saturated heterocycles. The third-order valence-corrected chi connectivity index (χ3v) is 4.65. The second kappa shape index (κ2) is 8.55. The van der Waals surface area contributed by atoms with Gasteiger partial charge in [-0.1, -0.05) is 30.3 Å². The Bertz CT molecular complexity index is 830. The van der Waals surface area contributed by atoms with Crippen molar-refractivity contribution >= 4 is 23.4 Å². The van der Waals surface area contributed by atoms with E-state index < -0.39 is 0 Å². The number of benzene rings is 2. The van der Waals surface area contributed by atoms with E-state index >= 15 is 0 Å². The molecule has 25 heavy (non-hydrogen) atoms. The first-order valence-corrected chi connectivity index (χ1v) is 8.88. The number of methoxy groups -OCH3 is 1. The minimum Gasteiger partial charge on any atom is -0.459 e. The Balaban J connectivity index is 1.67. The molecule has 0 aliphatic heterocycles. The van der Waals surface area contributed by atoms with Crippen molar-refractivity contribution in [2.45, 2.75) is 17.3 Å². The molecule has 1 heterocycles. The van der Waals surface area contributed by atoms with Gasteiger partial charge in [0.05, 0.1) is 12.9 Å². The Hall–Kier alpha value is -2.50. The third kappa shape index (κ3) is 4.75. The van der Waals surface area contributed by atoms with Gasteiger partial charge in [-0.05, 0) is 35.9 Å². The van der Waals surface area contributed by atoms with Crippen molar-refractivity contribution in [2.24, 2.45) is 0 Å². The van der Waals surface area contributed by atoms with Gasteiger partial charge in [-0.25, -0.2) is 0 Å². The Labute approximate surface area is 151 Å². The monoisotopic (exact) mass is 353 g/mol. The molecule has 0 bridgehead atoms. The lowest BCUT2D eigenvalue weighted by Crippen LogP contribution is -2.12. The fraction of sp³-hybridized carbons (Fsp3) is 0.150. The van der Waals surface area contributed by atoms with Gasteiger partial charge < -0.3 is 14.5 Å². The number of thioether (sulfide) groups is 1. The molecule has 0 unspecified atom stereocenters. The smallest absolute Gasteiger partial charge is 0.291 e. The summed E-state index contributed by atoms with van der Waals surface area (Å²) in [6.45, 7) is 0.503. The average molecular weight is 353 g/mol. The highest BCUT2D eigenvalue weighted by molar-refractivity contribution is 7.98. The van der Waals surface area contributed by atoms with Gasteiger partial charge in [0.1, 0.15) is 0 Å². The number of anilines is 1. The molecule has 1 aromatic heterocycles. The number of hydrogen-bond donors (Lipinski definition) is 1. The van der Waals surface area contributed by atoms with E-state index in [1.807, 2.05) is 60.7 Å². The zero-order valence-corrected chi connectivity index (χ0v) is 14.7. The van der Waals surface area contributed by atoms with Crippen molar-refractivity contribution in [1.29, 1.82) is 0 Å². The molecule has 0 atom stereocenters. The van der Waals surface area contributed by atoms with Crippen molar-refractivity contribution < 1.29 is 13.9 Å². The summed E-state index contributed by atoms with van der Waals surface area (Å²) >= 11 is 1.67. The van der Waals surface area contributed by atoms with E-state index in [4.69, 9.17) is 9.15 Å². The van der Waals surface area contributed by atoms with Gasteiger partial charge in [-0.3, -0.25) is 4.79 Å². The van der Waals surface area contributed by atoms with Crippen LogP contribution in [0.3, 0.4) is 0 Å². The highest BCUT2D eigenvalue weighted by atomic mass is 32.2. The quantitative estimate of drug-likeness (QED) is 0.609. The fourth-order valence-electron chi connectivity index (χ4n) is 2.42. The molecule has 0 saturated carbocycles. The molecule has 0 spiro atoms. The number of ether oxygens (including phenoxy) is 1. The summed E-state index contributed by atoms with van der Waals surface area (Å²) in [5, 5.41) is 2.88. The van der Waals surface area contributed by atoms with Crippen LogP contribution in [0.15, 0.2) is 76.2 Å². The summed E-state index contributed by atoms with van der Waals surface area (Å²) in [5.74, 6) is 0.774. The first-order chi connectivity index (χ1) is 12.3. The van der Waals surface area contributed by atoms with Gasteiger partial charge in [-0.2, -0.15) is 0 Å². The lowest BCUT2D eigenvalue weighted by molar-refractivity contribution is 0.0995. The number of carbonyl (C=O) groups excluding carboxylic acids is 1. The van der Waals surface area contributed by atoms with Crippen LogP contribution < -0.4 is 5.32 Å². The van der Waals surface area contributed by atoms with Crippen molar-refractivity contribution in [3.8, 4) is 0 Å². The van der Waals surface area contributed by atoms with Crippen molar-refractivity contribution in [3.63, 3.8) is 0 Å². The van der Waals surface area contributed by atoms with Gasteiger partial charge >= 0.3 is 0 Å². The molecule has 0 radical (unpaired) electrons. The van der Waals surface area contributed by atoms with E-state index in [1.54, 1.807) is 25.1 Å². The predicted octanol–water partition coefficient (Wildman–Crippen LogP) is 4.97.